The van der Waals surface area contributed by atoms with Crippen LogP contribution in [0.5, 0.6) is 5.75 Å². The van der Waals surface area contributed by atoms with Crippen LogP contribution < -0.4 is 10.1 Å². The molecule has 0 bridgehead atoms. The molecular weight excluding hydrogens is 226 g/mol. The highest BCUT2D eigenvalue weighted by Gasteiger charge is 2.19. The molecule has 0 aliphatic heterocycles. The maximum atomic E-state index is 5.87. The van der Waals surface area contributed by atoms with Crippen LogP contribution in [0.2, 0.25) is 0 Å². The van der Waals surface area contributed by atoms with Gasteiger partial charge in [-0.3, -0.25) is 0 Å². The number of ether oxygens (including phenoxy) is 2. The minimum Gasteiger partial charge on any atom is -0.491 e. The van der Waals surface area contributed by atoms with E-state index in [0.29, 0.717) is 0 Å². The zero-order valence-electron chi connectivity index (χ0n) is 11.3. The van der Waals surface area contributed by atoms with Crippen molar-refractivity contribution in [2.45, 2.75) is 44.9 Å². The van der Waals surface area contributed by atoms with Crippen LogP contribution in [0.25, 0.3) is 0 Å². The molecule has 0 amide bonds. The van der Waals surface area contributed by atoms with Crippen molar-refractivity contribution < 1.29 is 9.47 Å². The van der Waals surface area contributed by atoms with E-state index in [1.807, 2.05) is 6.07 Å². The Morgan fingerprint density at radius 3 is 2.94 bits per heavy atom. The quantitative estimate of drug-likeness (QED) is 0.768. The van der Waals surface area contributed by atoms with Crippen molar-refractivity contribution in [2.75, 3.05) is 13.7 Å². The Morgan fingerprint density at radius 1 is 1.39 bits per heavy atom. The third kappa shape index (κ3) is 4.67. The number of nitrogens with one attached hydrogen (secondary N) is 1. The molecule has 0 saturated heterocycles. The second-order valence-corrected chi connectivity index (χ2v) is 5.01. The number of hydrogen-bond acceptors (Lipinski definition) is 3. The van der Waals surface area contributed by atoms with Gasteiger partial charge in [-0.05, 0) is 37.5 Å². The average molecular weight is 249 g/mol. The van der Waals surface area contributed by atoms with Crippen molar-refractivity contribution >= 4 is 0 Å². The van der Waals surface area contributed by atoms with E-state index >= 15 is 0 Å². The van der Waals surface area contributed by atoms with Crippen molar-refractivity contribution in [2.24, 2.45) is 0 Å². The fourth-order valence-electron chi connectivity index (χ4n) is 1.85. The van der Waals surface area contributed by atoms with Crippen molar-refractivity contribution in [3.8, 4) is 5.75 Å². The molecule has 0 aromatic heterocycles. The summed E-state index contributed by atoms with van der Waals surface area (Å²) in [6.07, 6.45) is 3.76. The van der Waals surface area contributed by atoms with Crippen LogP contribution in [0.15, 0.2) is 24.3 Å². The van der Waals surface area contributed by atoms with E-state index in [1.165, 1.54) is 18.4 Å². The Bertz CT molecular complexity index is 363. The van der Waals surface area contributed by atoms with Gasteiger partial charge in [-0.2, -0.15) is 0 Å². The molecule has 1 aliphatic carbocycles. The molecule has 0 spiro atoms. The highest BCUT2D eigenvalue weighted by molar-refractivity contribution is 5.28. The molecular formula is C15H23NO2. The van der Waals surface area contributed by atoms with Crippen LogP contribution in [0.1, 0.15) is 31.7 Å². The standard InChI is InChI=1S/C15H23NO2/c1-12(8-9-17-2)18-15-5-3-4-13(10-15)11-16-14-6-7-14/h3-5,10,12,14,16H,6-9,11H2,1-2H3. The summed E-state index contributed by atoms with van der Waals surface area (Å²) in [5, 5.41) is 3.51. The number of hydrogen-bond donors (Lipinski definition) is 1. The zero-order chi connectivity index (χ0) is 12.8. The second-order valence-electron chi connectivity index (χ2n) is 5.01. The van der Waals surface area contributed by atoms with Gasteiger partial charge in [-0.15, -0.1) is 0 Å². The number of rotatable bonds is 8. The lowest BCUT2D eigenvalue weighted by Gasteiger charge is -2.15. The van der Waals surface area contributed by atoms with Gasteiger partial charge < -0.3 is 14.8 Å². The predicted octanol–water partition coefficient (Wildman–Crippen LogP) is 2.74. The van der Waals surface area contributed by atoms with E-state index in [4.69, 9.17) is 9.47 Å². The molecule has 1 unspecified atom stereocenters. The van der Waals surface area contributed by atoms with Gasteiger partial charge in [-0.1, -0.05) is 12.1 Å². The molecule has 100 valence electrons. The molecule has 1 N–H and O–H groups in total. The normalized spacial score (nSPS) is 16.6. The Morgan fingerprint density at radius 2 is 2.22 bits per heavy atom. The van der Waals surface area contributed by atoms with Crippen LogP contribution in [0.3, 0.4) is 0 Å². The van der Waals surface area contributed by atoms with Gasteiger partial charge in [-0.25, -0.2) is 0 Å². The molecule has 1 aromatic carbocycles. The fourth-order valence-corrected chi connectivity index (χ4v) is 1.85. The summed E-state index contributed by atoms with van der Waals surface area (Å²) in [7, 11) is 1.72. The first-order chi connectivity index (χ1) is 8.78. The molecule has 3 heteroatoms. The Labute approximate surface area is 109 Å². The lowest BCUT2D eigenvalue weighted by molar-refractivity contribution is 0.135. The summed E-state index contributed by atoms with van der Waals surface area (Å²) in [5.74, 6) is 0.953. The van der Waals surface area contributed by atoms with Crippen molar-refractivity contribution in [1.29, 1.82) is 0 Å². The largest absolute Gasteiger partial charge is 0.491 e. The fraction of sp³-hybridized carbons (Fsp3) is 0.600. The van der Waals surface area contributed by atoms with Gasteiger partial charge in [0.25, 0.3) is 0 Å². The molecule has 1 fully saturated rings. The molecule has 3 nitrogen and oxygen atoms in total. The van der Waals surface area contributed by atoms with Crippen molar-refractivity contribution in [3.63, 3.8) is 0 Å². The van der Waals surface area contributed by atoms with Gasteiger partial charge in [0, 0.05) is 32.7 Å². The smallest absolute Gasteiger partial charge is 0.120 e. The topological polar surface area (TPSA) is 30.5 Å². The monoisotopic (exact) mass is 249 g/mol. The first-order valence-corrected chi connectivity index (χ1v) is 6.76. The summed E-state index contributed by atoms with van der Waals surface area (Å²) in [6, 6.07) is 9.09. The highest BCUT2D eigenvalue weighted by atomic mass is 16.5. The molecule has 1 atom stereocenters. The van der Waals surface area contributed by atoms with Crippen LogP contribution in [0, 0.1) is 0 Å². The summed E-state index contributed by atoms with van der Waals surface area (Å²) in [4.78, 5) is 0. The zero-order valence-corrected chi connectivity index (χ0v) is 11.3. The van der Waals surface area contributed by atoms with Crippen LogP contribution in [-0.4, -0.2) is 25.9 Å². The molecule has 0 heterocycles. The highest BCUT2D eigenvalue weighted by Crippen LogP contribution is 2.20. The number of methoxy groups -OCH3 is 1. The van der Waals surface area contributed by atoms with Gasteiger partial charge in [0.05, 0.1) is 6.10 Å². The molecule has 1 saturated carbocycles. The summed E-state index contributed by atoms with van der Waals surface area (Å²) >= 11 is 0. The maximum absolute atomic E-state index is 5.87. The first kappa shape index (κ1) is 13.4. The van der Waals surface area contributed by atoms with Crippen molar-refractivity contribution in [1.82, 2.24) is 5.32 Å². The van der Waals surface area contributed by atoms with Crippen LogP contribution in [-0.2, 0) is 11.3 Å². The van der Waals surface area contributed by atoms with Crippen LogP contribution in [0.4, 0.5) is 0 Å². The van der Waals surface area contributed by atoms with E-state index in [0.717, 1.165) is 31.4 Å². The van der Waals surface area contributed by atoms with Crippen LogP contribution >= 0.6 is 0 Å². The van der Waals surface area contributed by atoms with Gasteiger partial charge in [0.2, 0.25) is 0 Å². The average Bonchev–Trinajstić information content (AvgIpc) is 3.18. The lowest BCUT2D eigenvalue weighted by Crippen LogP contribution is -2.16. The first-order valence-electron chi connectivity index (χ1n) is 6.76. The molecule has 1 aliphatic rings. The van der Waals surface area contributed by atoms with Gasteiger partial charge >= 0.3 is 0 Å². The Balaban J connectivity index is 1.81. The predicted molar refractivity (Wildman–Crippen MR) is 72.9 cm³/mol. The summed E-state index contributed by atoms with van der Waals surface area (Å²) < 4.78 is 10.9. The van der Waals surface area contributed by atoms with E-state index in [-0.39, 0.29) is 6.10 Å². The third-order valence-corrected chi connectivity index (χ3v) is 3.14. The van der Waals surface area contributed by atoms with E-state index < -0.39 is 0 Å². The molecule has 1 aromatic rings. The van der Waals surface area contributed by atoms with E-state index in [1.54, 1.807) is 7.11 Å². The van der Waals surface area contributed by atoms with Gasteiger partial charge in [0.1, 0.15) is 5.75 Å². The van der Waals surface area contributed by atoms with E-state index in [2.05, 4.69) is 30.4 Å². The van der Waals surface area contributed by atoms with Gasteiger partial charge in [0.15, 0.2) is 0 Å². The van der Waals surface area contributed by atoms with Crippen molar-refractivity contribution in [3.05, 3.63) is 29.8 Å². The number of benzene rings is 1. The van der Waals surface area contributed by atoms with E-state index in [9.17, 15) is 0 Å². The minimum absolute atomic E-state index is 0.191. The minimum atomic E-state index is 0.191. The molecule has 18 heavy (non-hydrogen) atoms. The second kappa shape index (κ2) is 6.76. The SMILES string of the molecule is COCCC(C)Oc1cccc(CNC2CC2)c1. The lowest BCUT2D eigenvalue weighted by atomic mass is 10.2. The molecule has 0 radical (unpaired) electrons. The third-order valence-electron chi connectivity index (χ3n) is 3.14. The summed E-state index contributed by atoms with van der Waals surface area (Å²) in [6.45, 7) is 3.76. The Kier molecular flexibility index (Phi) is 5.02. The Hall–Kier alpha value is -1.06. The maximum Gasteiger partial charge on any atom is 0.120 e. The summed E-state index contributed by atoms with van der Waals surface area (Å²) in [5.41, 5.74) is 1.29. The molecule has 2 rings (SSSR count).